The van der Waals surface area contributed by atoms with E-state index in [1.807, 2.05) is 50.2 Å². The molecule has 1 aliphatic carbocycles. The van der Waals surface area contributed by atoms with Crippen LogP contribution in [0, 0.1) is 5.92 Å². The van der Waals surface area contributed by atoms with E-state index in [2.05, 4.69) is 22.8 Å². The van der Waals surface area contributed by atoms with Gasteiger partial charge in [-0.15, -0.1) is 0 Å². The van der Waals surface area contributed by atoms with Crippen molar-refractivity contribution in [1.82, 2.24) is 20.4 Å². The molecule has 4 atom stereocenters. The van der Waals surface area contributed by atoms with E-state index in [-0.39, 0.29) is 30.3 Å². The molecule has 2 aromatic rings. The highest BCUT2D eigenvalue weighted by Crippen LogP contribution is 2.37. The molecule has 0 radical (unpaired) electrons. The Morgan fingerprint density at radius 3 is 2.21 bits per heavy atom. The van der Waals surface area contributed by atoms with Gasteiger partial charge in [-0.1, -0.05) is 62.4 Å². The lowest BCUT2D eigenvalue weighted by Gasteiger charge is -2.34. The lowest BCUT2D eigenvalue weighted by molar-refractivity contribution is -0.145. The minimum absolute atomic E-state index is 0.128. The Hall–Kier alpha value is -3.88. The second kappa shape index (κ2) is 12.5. The number of benzene rings is 2. The van der Waals surface area contributed by atoms with Gasteiger partial charge in [0, 0.05) is 13.6 Å². The number of nitrogens with zero attached hydrogens (tertiary/aromatic N) is 2. The molecule has 4 unspecified atom stereocenters. The highest BCUT2D eigenvalue weighted by Gasteiger charge is 2.43. The van der Waals surface area contributed by atoms with Gasteiger partial charge in [-0.05, 0) is 75.1 Å². The summed E-state index contributed by atoms with van der Waals surface area (Å²) < 4.78 is 5.40. The van der Waals surface area contributed by atoms with Gasteiger partial charge in [-0.2, -0.15) is 0 Å². The van der Waals surface area contributed by atoms with E-state index in [9.17, 15) is 19.2 Å². The van der Waals surface area contributed by atoms with E-state index >= 15 is 0 Å². The second-order valence-corrected chi connectivity index (χ2v) is 12.7. The van der Waals surface area contributed by atoms with Gasteiger partial charge in [-0.25, -0.2) is 4.79 Å². The van der Waals surface area contributed by atoms with Crippen LogP contribution in [-0.2, 0) is 32.1 Å². The Morgan fingerprint density at radius 1 is 0.952 bits per heavy atom. The third-order valence-corrected chi connectivity index (χ3v) is 8.09. The number of rotatable bonds is 7. The smallest absolute Gasteiger partial charge is 0.410 e. The van der Waals surface area contributed by atoms with Crippen LogP contribution in [0.1, 0.15) is 88.7 Å². The number of hydrogen-bond acceptors (Lipinski definition) is 5. The number of carbonyl (C=O) groups is 4. The second-order valence-electron chi connectivity index (χ2n) is 12.7. The molecule has 2 N–H and O–H groups in total. The summed E-state index contributed by atoms with van der Waals surface area (Å²) in [4.78, 5) is 56.7. The Labute approximate surface area is 249 Å². The van der Waals surface area contributed by atoms with E-state index in [4.69, 9.17) is 4.74 Å². The summed E-state index contributed by atoms with van der Waals surface area (Å²) >= 11 is 0. The van der Waals surface area contributed by atoms with Gasteiger partial charge in [-0.3, -0.25) is 19.3 Å². The summed E-state index contributed by atoms with van der Waals surface area (Å²) in [6.07, 6.45) is 2.16. The maximum atomic E-state index is 14.1. The Balaban J connectivity index is 1.54. The lowest BCUT2D eigenvalue weighted by atomic mass is 9.87. The van der Waals surface area contributed by atoms with Crippen molar-refractivity contribution in [3.8, 4) is 0 Å². The first-order chi connectivity index (χ1) is 19.8. The third kappa shape index (κ3) is 6.77. The molecule has 0 aromatic heterocycles. The molecule has 226 valence electrons. The van der Waals surface area contributed by atoms with Crippen molar-refractivity contribution in [3.05, 3.63) is 70.8 Å². The number of aryl methyl sites for hydroxylation is 1. The fourth-order valence-electron chi connectivity index (χ4n) is 5.66. The van der Waals surface area contributed by atoms with Crippen LogP contribution >= 0.6 is 0 Å². The van der Waals surface area contributed by atoms with Crippen molar-refractivity contribution < 1.29 is 23.9 Å². The largest absolute Gasteiger partial charge is 0.444 e. The van der Waals surface area contributed by atoms with Gasteiger partial charge in [0.2, 0.25) is 17.7 Å². The molecule has 4 rings (SSSR count). The van der Waals surface area contributed by atoms with Gasteiger partial charge >= 0.3 is 6.09 Å². The van der Waals surface area contributed by atoms with Crippen molar-refractivity contribution in [2.45, 2.75) is 97.1 Å². The zero-order valence-electron chi connectivity index (χ0n) is 25.8. The maximum absolute atomic E-state index is 14.1. The predicted molar refractivity (Wildman–Crippen MR) is 160 cm³/mol. The fraction of sp³-hybridized carbons (Fsp3) is 0.515. The van der Waals surface area contributed by atoms with Crippen LogP contribution in [0.2, 0.25) is 0 Å². The van der Waals surface area contributed by atoms with Crippen molar-refractivity contribution >= 4 is 23.8 Å². The molecule has 0 saturated carbocycles. The zero-order valence-corrected chi connectivity index (χ0v) is 25.8. The zero-order chi connectivity index (χ0) is 30.8. The summed E-state index contributed by atoms with van der Waals surface area (Å²) in [6.45, 7) is 10.8. The Morgan fingerprint density at radius 2 is 1.57 bits per heavy atom. The van der Waals surface area contributed by atoms with Crippen LogP contribution in [0.3, 0.4) is 0 Å². The van der Waals surface area contributed by atoms with Crippen LogP contribution in [0.15, 0.2) is 48.5 Å². The molecule has 0 fully saturated rings. The highest BCUT2D eigenvalue weighted by atomic mass is 16.6. The van der Waals surface area contributed by atoms with Crippen LogP contribution in [0.4, 0.5) is 4.79 Å². The summed E-state index contributed by atoms with van der Waals surface area (Å²) in [6, 6.07) is 13.0. The van der Waals surface area contributed by atoms with Crippen LogP contribution in [0.5, 0.6) is 0 Å². The van der Waals surface area contributed by atoms with E-state index < -0.39 is 35.7 Å². The first-order valence-corrected chi connectivity index (χ1v) is 14.8. The molecule has 1 aliphatic heterocycles. The number of fused-ring (bicyclic) bond motifs is 2. The van der Waals surface area contributed by atoms with Crippen LogP contribution in [0.25, 0.3) is 0 Å². The highest BCUT2D eigenvalue weighted by molar-refractivity contribution is 5.95. The fourth-order valence-corrected chi connectivity index (χ4v) is 5.66. The molecule has 1 heterocycles. The average molecular weight is 577 g/mol. The van der Waals surface area contributed by atoms with Crippen LogP contribution < -0.4 is 10.6 Å². The van der Waals surface area contributed by atoms with Gasteiger partial charge in [0.05, 0.1) is 6.04 Å². The van der Waals surface area contributed by atoms with E-state index in [0.717, 1.165) is 36.0 Å². The number of carbonyl (C=O) groups excluding carboxylic acids is 4. The minimum Gasteiger partial charge on any atom is -0.444 e. The SMILES string of the molecule is CC(C)C(NC(=O)C(C)N(C)C(=O)OC(C)(C)C)C(=O)N1Cc2ccccc2C1C(=O)NC1CCCc2ccccc21. The van der Waals surface area contributed by atoms with E-state index in [1.165, 1.54) is 17.5 Å². The molecule has 2 aromatic carbocycles. The Bertz CT molecular complexity index is 1330. The monoisotopic (exact) mass is 576 g/mol. The summed E-state index contributed by atoms with van der Waals surface area (Å²) in [5.41, 5.74) is 3.35. The molecule has 4 amide bonds. The first-order valence-electron chi connectivity index (χ1n) is 14.8. The van der Waals surface area contributed by atoms with Crippen LogP contribution in [-0.4, -0.2) is 58.3 Å². The molecule has 9 heteroatoms. The number of ether oxygens (including phenoxy) is 1. The summed E-state index contributed by atoms with van der Waals surface area (Å²) in [7, 11) is 1.49. The quantitative estimate of drug-likeness (QED) is 0.499. The number of nitrogens with one attached hydrogen (secondary N) is 2. The van der Waals surface area contributed by atoms with E-state index in [1.54, 1.807) is 32.6 Å². The summed E-state index contributed by atoms with van der Waals surface area (Å²) in [5.74, 6) is -1.32. The molecule has 0 saturated heterocycles. The number of hydrogen-bond donors (Lipinski definition) is 2. The maximum Gasteiger partial charge on any atom is 0.410 e. The average Bonchev–Trinajstić information content (AvgIpc) is 3.33. The standard InChI is InChI=1S/C33H44N4O5/c1-20(2)27(35-29(38)21(3)36(7)32(41)42-33(4,5)6)31(40)37-19-23-14-9-11-17-25(23)28(37)30(39)34-26-18-12-15-22-13-8-10-16-24(22)26/h8-11,13-14,16-17,20-21,26-28H,12,15,18-19H2,1-7H3,(H,34,39)(H,35,38). The molecule has 0 spiro atoms. The van der Waals surface area contributed by atoms with Gasteiger partial charge < -0.3 is 20.3 Å². The third-order valence-electron chi connectivity index (χ3n) is 8.09. The number of amides is 4. The van der Waals surface area contributed by atoms with E-state index in [0.29, 0.717) is 0 Å². The topological polar surface area (TPSA) is 108 Å². The summed E-state index contributed by atoms with van der Waals surface area (Å²) in [5, 5.41) is 6.10. The van der Waals surface area contributed by atoms with Crippen molar-refractivity contribution in [2.75, 3.05) is 7.05 Å². The predicted octanol–water partition coefficient (Wildman–Crippen LogP) is 4.66. The number of likely N-dealkylation sites (N-methyl/N-ethyl adjacent to an activating group) is 1. The Kier molecular flexibility index (Phi) is 9.28. The molecule has 9 nitrogen and oxygen atoms in total. The van der Waals surface area contributed by atoms with Crippen molar-refractivity contribution in [1.29, 1.82) is 0 Å². The molecular weight excluding hydrogens is 532 g/mol. The molecule has 42 heavy (non-hydrogen) atoms. The lowest BCUT2D eigenvalue weighted by Crippen LogP contribution is -2.56. The molecule has 0 bridgehead atoms. The van der Waals surface area contributed by atoms with Crippen molar-refractivity contribution in [3.63, 3.8) is 0 Å². The first kappa shape index (κ1) is 31.1. The minimum atomic E-state index is -0.896. The van der Waals surface area contributed by atoms with Gasteiger partial charge in [0.15, 0.2) is 0 Å². The van der Waals surface area contributed by atoms with Gasteiger partial charge in [0.25, 0.3) is 0 Å². The van der Waals surface area contributed by atoms with Crippen molar-refractivity contribution in [2.24, 2.45) is 5.92 Å². The molecule has 2 aliphatic rings. The van der Waals surface area contributed by atoms with Gasteiger partial charge in [0.1, 0.15) is 23.7 Å². The normalized spacial score (nSPS) is 19.3. The molecular formula is C33H44N4O5.